The van der Waals surface area contributed by atoms with Gasteiger partial charge < -0.3 is 4.74 Å². The highest BCUT2D eigenvalue weighted by Gasteiger charge is 2.56. The Labute approximate surface area is 123 Å². The van der Waals surface area contributed by atoms with Crippen molar-refractivity contribution in [2.75, 3.05) is 6.61 Å². The quantitative estimate of drug-likeness (QED) is 0.616. The molecule has 3 N–H and O–H groups in total. The second-order valence-electron chi connectivity index (χ2n) is 7.87. The normalized spacial score (nSPS) is 44.2. The van der Waals surface area contributed by atoms with Crippen LogP contribution in [-0.4, -0.2) is 18.2 Å². The third-order valence-corrected chi connectivity index (χ3v) is 6.88. The summed E-state index contributed by atoms with van der Waals surface area (Å²) in [7, 11) is 0. The van der Waals surface area contributed by atoms with E-state index in [1.54, 1.807) is 0 Å². The number of nitrogens with two attached hydrogens (primary N) is 1. The summed E-state index contributed by atoms with van der Waals surface area (Å²) >= 11 is 0. The van der Waals surface area contributed by atoms with Crippen LogP contribution in [0, 0.1) is 23.7 Å². The second kappa shape index (κ2) is 5.26. The van der Waals surface area contributed by atoms with Gasteiger partial charge in [-0.2, -0.15) is 0 Å². The molecule has 3 heteroatoms. The number of hydrazine groups is 1. The van der Waals surface area contributed by atoms with Gasteiger partial charge in [-0.05, 0) is 62.2 Å². The average Bonchev–Trinajstić information content (AvgIpc) is 3.03. The van der Waals surface area contributed by atoms with Crippen molar-refractivity contribution in [1.29, 1.82) is 0 Å². The van der Waals surface area contributed by atoms with E-state index >= 15 is 0 Å². The summed E-state index contributed by atoms with van der Waals surface area (Å²) < 4.78 is 6.20. The number of hydrogen-bond donors (Lipinski definition) is 2. The first-order valence-corrected chi connectivity index (χ1v) is 8.93. The van der Waals surface area contributed by atoms with Crippen molar-refractivity contribution in [2.45, 2.75) is 75.9 Å². The van der Waals surface area contributed by atoms with Crippen molar-refractivity contribution in [1.82, 2.24) is 5.43 Å². The molecule has 4 unspecified atom stereocenters. The minimum atomic E-state index is 0.234. The van der Waals surface area contributed by atoms with Crippen LogP contribution < -0.4 is 11.3 Å². The van der Waals surface area contributed by atoms with E-state index in [0.29, 0.717) is 6.04 Å². The first kappa shape index (κ1) is 13.5. The third kappa shape index (κ3) is 2.22. The largest absolute Gasteiger partial charge is 0.375 e. The topological polar surface area (TPSA) is 47.3 Å². The van der Waals surface area contributed by atoms with Crippen LogP contribution in [0.3, 0.4) is 0 Å². The number of fused-ring (bicyclic) bond motifs is 1. The van der Waals surface area contributed by atoms with Crippen LogP contribution in [0.1, 0.15) is 64.2 Å². The highest BCUT2D eigenvalue weighted by Crippen LogP contribution is 2.59. The van der Waals surface area contributed by atoms with E-state index in [2.05, 4.69) is 5.43 Å². The Morgan fingerprint density at radius 2 is 1.70 bits per heavy atom. The Morgan fingerprint density at radius 3 is 2.35 bits per heavy atom. The van der Waals surface area contributed by atoms with Gasteiger partial charge in [0.05, 0.1) is 5.60 Å². The Kier molecular flexibility index (Phi) is 3.56. The van der Waals surface area contributed by atoms with Crippen molar-refractivity contribution in [3.05, 3.63) is 0 Å². The summed E-state index contributed by atoms with van der Waals surface area (Å²) in [4.78, 5) is 0. The zero-order chi connectivity index (χ0) is 13.6. The molecule has 4 aliphatic rings. The second-order valence-corrected chi connectivity index (χ2v) is 7.87. The van der Waals surface area contributed by atoms with Crippen LogP contribution in [-0.2, 0) is 4.74 Å². The number of nitrogens with one attached hydrogen (secondary N) is 1. The zero-order valence-electron chi connectivity index (χ0n) is 12.7. The van der Waals surface area contributed by atoms with Gasteiger partial charge in [0.2, 0.25) is 0 Å². The molecule has 4 fully saturated rings. The number of rotatable bonds is 3. The predicted octanol–water partition coefficient (Wildman–Crippen LogP) is 2.99. The van der Waals surface area contributed by atoms with Crippen LogP contribution in [0.15, 0.2) is 0 Å². The van der Waals surface area contributed by atoms with Crippen LogP contribution in [0.5, 0.6) is 0 Å². The summed E-state index contributed by atoms with van der Waals surface area (Å²) in [5.74, 6) is 9.61. The lowest BCUT2D eigenvalue weighted by Crippen LogP contribution is -2.49. The molecule has 4 atom stereocenters. The Balaban J connectivity index is 1.45. The molecule has 3 nitrogen and oxygen atoms in total. The minimum Gasteiger partial charge on any atom is -0.375 e. The number of hydrogen-bond acceptors (Lipinski definition) is 3. The van der Waals surface area contributed by atoms with Gasteiger partial charge in [-0.25, -0.2) is 0 Å². The molecule has 1 saturated heterocycles. The van der Waals surface area contributed by atoms with Crippen LogP contribution >= 0.6 is 0 Å². The van der Waals surface area contributed by atoms with Crippen LogP contribution in [0.2, 0.25) is 0 Å². The van der Waals surface area contributed by atoms with Crippen LogP contribution in [0.4, 0.5) is 0 Å². The number of ether oxygens (including phenoxy) is 1. The summed E-state index contributed by atoms with van der Waals surface area (Å²) in [5.41, 5.74) is 3.48. The molecule has 3 aliphatic carbocycles. The molecule has 0 amide bonds. The maximum absolute atomic E-state index is 6.20. The maximum atomic E-state index is 6.20. The minimum absolute atomic E-state index is 0.234. The Bertz CT molecular complexity index is 341. The monoisotopic (exact) mass is 278 g/mol. The first-order valence-electron chi connectivity index (χ1n) is 8.93. The fourth-order valence-electron chi connectivity index (χ4n) is 5.88. The molecule has 0 bridgehead atoms. The van der Waals surface area contributed by atoms with E-state index < -0.39 is 0 Å². The fraction of sp³-hybridized carbons (Fsp3) is 1.00. The predicted molar refractivity (Wildman–Crippen MR) is 79.9 cm³/mol. The molecule has 1 spiro atoms. The molecule has 114 valence electrons. The molecule has 20 heavy (non-hydrogen) atoms. The van der Waals surface area contributed by atoms with E-state index in [9.17, 15) is 0 Å². The Hall–Kier alpha value is -0.120. The lowest BCUT2D eigenvalue weighted by Gasteiger charge is -2.41. The van der Waals surface area contributed by atoms with Crippen LogP contribution in [0.25, 0.3) is 0 Å². The lowest BCUT2D eigenvalue weighted by molar-refractivity contribution is -0.0994. The summed E-state index contributed by atoms with van der Waals surface area (Å²) in [5, 5.41) is 0. The standard InChI is InChI=1S/C17H30N2O/c18-19-16(15-13-5-1-2-6-14(13)15)12-7-10-20-17(11-12)8-3-4-9-17/h12-16,19H,1-11,18H2. The van der Waals surface area contributed by atoms with Crippen molar-refractivity contribution in [2.24, 2.45) is 29.5 Å². The van der Waals surface area contributed by atoms with Gasteiger partial charge in [-0.1, -0.05) is 25.7 Å². The highest BCUT2D eigenvalue weighted by atomic mass is 16.5. The highest BCUT2D eigenvalue weighted by molar-refractivity contribution is 5.07. The molecule has 0 aromatic rings. The van der Waals surface area contributed by atoms with Crippen molar-refractivity contribution in [3.8, 4) is 0 Å². The summed E-state index contributed by atoms with van der Waals surface area (Å²) in [6.45, 7) is 0.963. The van der Waals surface area contributed by atoms with E-state index in [0.717, 1.165) is 30.3 Å². The molecule has 0 radical (unpaired) electrons. The van der Waals surface area contributed by atoms with E-state index in [1.165, 1.54) is 64.2 Å². The molecule has 3 saturated carbocycles. The summed E-state index contributed by atoms with van der Waals surface area (Å²) in [6.07, 6.45) is 13.6. The fourth-order valence-corrected chi connectivity index (χ4v) is 5.88. The van der Waals surface area contributed by atoms with Gasteiger partial charge in [0.25, 0.3) is 0 Å². The van der Waals surface area contributed by atoms with Crippen molar-refractivity contribution >= 4 is 0 Å². The lowest BCUT2D eigenvalue weighted by atomic mass is 9.79. The smallest absolute Gasteiger partial charge is 0.0685 e. The molecule has 4 rings (SSSR count). The average molecular weight is 278 g/mol. The van der Waals surface area contributed by atoms with E-state index in [4.69, 9.17) is 10.6 Å². The SMILES string of the molecule is NNC(C1CCOC2(CCCC2)C1)C1C2CCCCC21. The van der Waals surface area contributed by atoms with Crippen molar-refractivity contribution in [3.63, 3.8) is 0 Å². The van der Waals surface area contributed by atoms with E-state index in [1.807, 2.05) is 0 Å². The van der Waals surface area contributed by atoms with Gasteiger partial charge in [-0.15, -0.1) is 0 Å². The molecule has 0 aromatic carbocycles. The van der Waals surface area contributed by atoms with E-state index in [-0.39, 0.29) is 5.60 Å². The van der Waals surface area contributed by atoms with Gasteiger partial charge in [0, 0.05) is 12.6 Å². The zero-order valence-corrected chi connectivity index (χ0v) is 12.7. The third-order valence-electron chi connectivity index (χ3n) is 6.88. The van der Waals surface area contributed by atoms with Gasteiger partial charge in [0.1, 0.15) is 0 Å². The summed E-state index contributed by atoms with van der Waals surface area (Å²) in [6, 6.07) is 0.560. The van der Waals surface area contributed by atoms with Gasteiger partial charge in [0.15, 0.2) is 0 Å². The molecular weight excluding hydrogens is 248 g/mol. The molecule has 1 aliphatic heterocycles. The Morgan fingerprint density at radius 1 is 1.00 bits per heavy atom. The van der Waals surface area contributed by atoms with Crippen molar-refractivity contribution < 1.29 is 4.74 Å². The van der Waals surface area contributed by atoms with Gasteiger partial charge in [-0.3, -0.25) is 11.3 Å². The van der Waals surface area contributed by atoms with Gasteiger partial charge >= 0.3 is 0 Å². The first-order chi connectivity index (χ1) is 9.83. The molecular formula is C17H30N2O. The molecule has 0 aromatic heterocycles. The molecule has 1 heterocycles. The maximum Gasteiger partial charge on any atom is 0.0685 e.